The van der Waals surface area contributed by atoms with Crippen LogP contribution in [-0.2, 0) is 17.6 Å². The molecule has 2 N–H and O–H groups in total. The quantitative estimate of drug-likeness (QED) is 0.292. The van der Waals surface area contributed by atoms with Gasteiger partial charge in [-0.05, 0) is 73.7 Å². The van der Waals surface area contributed by atoms with E-state index >= 15 is 0 Å². The van der Waals surface area contributed by atoms with Crippen molar-refractivity contribution in [2.75, 3.05) is 0 Å². The van der Waals surface area contributed by atoms with Gasteiger partial charge in [0.05, 0.1) is 11.1 Å². The number of esters is 2. The third kappa shape index (κ3) is 2.93. The van der Waals surface area contributed by atoms with Crippen molar-refractivity contribution in [1.82, 2.24) is 9.97 Å². The Kier molecular flexibility index (Phi) is 3.96. The zero-order valence-corrected chi connectivity index (χ0v) is 16.8. The molecule has 31 heavy (non-hydrogen) atoms. The Bertz CT molecular complexity index is 1510. The van der Waals surface area contributed by atoms with Crippen molar-refractivity contribution in [3.8, 4) is 0 Å². The molecule has 0 radical (unpaired) electrons. The number of aromatic nitrogens is 2. The van der Waals surface area contributed by atoms with Gasteiger partial charge in [0.25, 0.3) is 0 Å². The third-order valence-corrected chi connectivity index (χ3v) is 6.26. The summed E-state index contributed by atoms with van der Waals surface area (Å²) in [6, 6.07) is 18.7. The summed E-state index contributed by atoms with van der Waals surface area (Å²) in [6.45, 7) is 0. The SMILES string of the molecule is O=C(OC(=O)c1ccc2[nH]c3ccccc3c2c1)c1ccc2[nH]c3c(c2c1)CCCC3. The maximum absolute atomic E-state index is 12.7. The fraction of sp³-hybridized carbons (Fsp3) is 0.154. The monoisotopic (exact) mass is 408 g/mol. The lowest BCUT2D eigenvalue weighted by molar-refractivity contribution is 0.0398. The van der Waals surface area contributed by atoms with Crippen LogP contribution in [0.5, 0.6) is 0 Å². The number of H-pyrrole nitrogens is 2. The van der Waals surface area contributed by atoms with Gasteiger partial charge in [-0.1, -0.05) is 18.2 Å². The molecule has 0 bridgehead atoms. The van der Waals surface area contributed by atoms with Gasteiger partial charge in [-0.15, -0.1) is 0 Å². The summed E-state index contributed by atoms with van der Waals surface area (Å²) < 4.78 is 5.23. The minimum absolute atomic E-state index is 0.353. The molecule has 2 heterocycles. The lowest BCUT2D eigenvalue weighted by Gasteiger charge is -2.10. The fourth-order valence-electron chi connectivity index (χ4n) is 4.71. The van der Waals surface area contributed by atoms with Crippen LogP contribution < -0.4 is 0 Å². The Hall–Kier alpha value is -3.86. The van der Waals surface area contributed by atoms with Gasteiger partial charge < -0.3 is 14.7 Å². The first-order chi connectivity index (χ1) is 15.2. The van der Waals surface area contributed by atoms with E-state index in [0.717, 1.165) is 52.0 Å². The molecule has 0 atom stereocenters. The van der Waals surface area contributed by atoms with Crippen LogP contribution in [-0.4, -0.2) is 21.9 Å². The highest BCUT2D eigenvalue weighted by atomic mass is 16.6. The predicted octanol–water partition coefficient (Wildman–Crippen LogP) is 5.68. The van der Waals surface area contributed by atoms with Crippen molar-refractivity contribution in [2.45, 2.75) is 25.7 Å². The molecule has 1 aliphatic carbocycles. The van der Waals surface area contributed by atoms with Gasteiger partial charge in [0, 0.05) is 38.4 Å². The molecule has 5 heteroatoms. The number of para-hydroxylation sites is 1. The molecule has 0 unspecified atom stereocenters. The van der Waals surface area contributed by atoms with E-state index in [2.05, 4.69) is 9.97 Å². The number of hydrogen-bond donors (Lipinski definition) is 2. The van der Waals surface area contributed by atoms with Crippen molar-refractivity contribution in [3.63, 3.8) is 0 Å². The third-order valence-electron chi connectivity index (χ3n) is 6.26. The van der Waals surface area contributed by atoms with Crippen molar-refractivity contribution in [2.24, 2.45) is 0 Å². The standard InChI is InChI=1S/C26H20N2O3/c29-25(15-9-11-23-19(13-15)17-5-1-3-7-21(17)27-23)31-26(30)16-10-12-24-20(14-16)18-6-2-4-8-22(18)28-24/h1,3,5,7,9-14,27-28H,2,4,6,8H2. The molecule has 0 amide bonds. The zero-order valence-electron chi connectivity index (χ0n) is 16.8. The van der Waals surface area contributed by atoms with E-state index < -0.39 is 11.9 Å². The highest BCUT2D eigenvalue weighted by Gasteiger charge is 2.20. The summed E-state index contributed by atoms with van der Waals surface area (Å²) in [5.74, 6) is -1.27. The molecule has 3 aromatic carbocycles. The number of aromatic amines is 2. The first kappa shape index (κ1) is 18.0. The molecular formula is C26H20N2O3. The van der Waals surface area contributed by atoms with E-state index in [0.29, 0.717) is 11.1 Å². The van der Waals surface area contributed by atoms with Crippen LogP contribution in [0.1, 0.15) is 44.8 Å². The van der Waals surface area contributed by atoms with Crippen LogP contribution in [0.25, 0.3) is 32.7 Å². The summed E-state index contributed by atoms with van der Waals surface area (Å²) in [4.78, 5) is 32.2. The molecule has 6 rings (SSSR count). The molecule has 0 spiro atoms. The van der Waals surface area contributed by atoms with Gasteiger partial charge in [0.1, 0.15) is 0 Å². The topological polar surface area (TPSA) is 75.0 Å². The van der Waals surface area contributed by atoms with Crippen LogP contribution in [0, 0.1) is 0 Å². The van der Waals surface area contributed by atoms with Crippen LogP contribution in [0.3, 0.4) is 0 Å². The van der Waals surface area contributed by atoms with Gasteiger partial charge in [-0.2, -0.15) is 0 Å². The molecule has 5 aromatic rings. The second-order valence-corrected chi connectivity index (χ2v) is 8.16. The first-order valence-corrected chi connectivity index (χ1v) is 10.6. The minimum Gasteiger partial charge on any atom is -0.386 e. The van der Waals surface area contributed by atoms with Crippen molar-refractivity contribution in [3.05, 3.63) is 83.0 Å². The smallest absolute Gasteiger partial charge is 0.346 e. The number of ether oxygens (including phenoxy) is 1. The maximum Gasteiger partial charge on any atom is 0.346 e. The number of fused-ring (bicyclic) bond motifs is 6. The number of aryl methyl sites for hydroxylation is 2. The summed E-state index contributed by atoms with van der Waals surface area (Å²) in [6.07, 6.45) is 4.39. The Morgan fingerprint density at radius 2 is 1.32 bits per heavy atom. The summed E-state index contributed by atoms with van der Waals surface area (Å²) in [7, 11) is 0. The van der Waals surface area contributed by atoms with Gasteiger partial charge in [-0.25, -0.2) is 9.59 Å². The van der Waals surface area contributed by atoms with E-state index in [1.54, 1.807) is 18.2 Å². The fourth-order valence-corrected chi connectivity index (χ4v) is 4.71. The number of hydrogen-bond acceptors (Lipinski definition) is 3. The summed E-state index contributed by atoms with van der Waals surface area (Å²) in [5, 5.41) is 3.01. The molecule has 0 fully saturated rings. The number of nitrogens with one attached hydrogen (secondary N) is 2. The van der Waals surface area contributed by atoms with Crippen LogP contribution >= 0.6 is 0 Å². The molecule has 2 aromatic heterocycles. The summed E-state index contributed by atoms with van der Waals surface area (Å²) in [5.41, 5.74) is 6.25. The van der Waals surface area contributed by atoms with Crippen LogP contribution in [0.15, 0.2) is 60.7 Å². The van der Waals surface area contributed by atoms with Gasteiger partial charge in [-0.3, -0.25) is 0 Å². The van der Waals surface area contributed by atoms with Gasteiger partial charge in [0.15, 0.2) is 0 Å². The number of rotatable bonds is 2. The lowest BCUT2D eigenvalue weighted by Crippen LogP contribution is -2.12. The second kappa shape index (κ2) is 6.84. The Balaban J connectivity index is 1.30. The number of benzene rings is 3. The van der Waals surface area contributed by atoms with Gasteiger partial charge >= 0.3 is 11.9 Å². The highest BCUT2D eigenvalue weighted by Crippen LogP contribution is 2.30. The largest absolute Gasteiger partial charge is 0.386 e. The van der Waals surface area contributed by atoms with E-state index in [1.165, 1.54) is 17.7 Å². The molecule has 0 saturated heterocycles. The molecule has 0 aliphatic heterocycles. The predicted molar refractivity (Wildman–Crippen MR) is 120 cm³/mol. The normalized spacial score (nSPS) is 13.5. The molecule has 152 valence electrons. The number of carbonyl (C=O) groups excluding carboxylic acids is 2. The highest BCUT2D eigenvalue weighted by molar-refractivity contribution is 6.11. The second-order valence-electron chi connectivity index (χ2n) is 8.16. The molecule has 0 saturated carbocycles. The van der Waals surface area contributed by atoms with E-state index in [9.17, 15) is 9.59 Å². The average Bonchev–Trinajstić information content (AvgIpc) is 3.36. The zero-order chi connectivity index (χ0) is 20.9. The van der Waals surface area contributed by atoms with Crippen molar-refractivity contribution >= 4 is 44.6 Å². The number of carbonyl (C=O) groups is 2. The van der Waals surface area contributed by atoms with E-state index in [-0.39, 0.29) is 0 Å². The first-order valence-electron chi connectivity index (χ1n) is 10.6. The Morgan fingerprint density at radius 3 is 2.13 bits per heavy atom. The van der Waals surface area contributed by atoms with E-state index in [1.807, 2.05) is 42.5 Å². The van der Waals surface area contributed by atoms with E-state index in [4.69, 9.17) is 4.74 Å². The van der Waals surface area contributed by atoms with Crippen molar-refractivity contribution in [1.29, 1.82) is 0 Å². The Morgan fingerprint density at radius 1 is 0.677 bits per heavy atom. The van der Waals surface area contributed by atoms with Crippen LogP contribution in [0.4, 0.5) is 0 Å². The molecule has 1 aliphatic rings. The Labute approximate surface area is 178 Å². The lowest BCUT2D eigenvalue weighted by atomic mass is 9.95. The average molecular weight is 408 g/mol. The molecular weight excluding hydrogens is 388 g/mol. The van der Waals surface area contributed by atoms with Gasteiger partial charge in [0.2, 0.25) is 0 Å². The minimum atomic E-state index is -0.645. The molecule has 5 nitrogen and oxygen atoms in total. The maximum atomic E-state index is 12.7. The summed E-state index contributed by atoms with van der Waals surface area (Å²) >= 11 is 0. The van der Waals surface area contributed by atoms with Crippen LogP contribution in [0.2, 0.25) is 0 Å². The van der Waals surface area contributed by atoms with Crippen molar-refractivity contribution < 1.29 is 14.3 Å².